The Morgan fingerprint density at radius 1 is 1.22 bits per heavy atom. The van der Waals surface area contributed by atoms with Crippen LogP contribution in [0, 0.1) is 5.82 Å². The summed E-state index contributed by atoms with van der Waals surface area (Å²) in [5.74, 6) is -1.13. The van der Waals surface area contributed by atoms with Crippen molar-refractivity contribution in [2.45, 2.75) is 30.4 Å². The third-order valence-corrected chi connectivity index (χ3v) is 4.86. The monoisotopic (exact) mass is 405 g/mol. The minimum absolute atomic E-state index is 0.00611. The molecule has 140 valence electrons. The Morgan fingerprint density at radius 3 is 2.63 bits per heavy atom. The summed E-state index contributed by atoms with van der Waals surface area (Å²) in [6.45, 7) is 4.28. The fourth-order valence-corrected chi connectivity index (χ4v) is 3.47. The third-order valence-electron chi connectivity index (χ3n) is 3.53. The summed E-state index contributed by atoms with van der Waals surface area (Å²) in [4.78, 5) is 13.4. The molecule has 1 N–H and O–H groups in total. The molecular formula is C19H17ClFN3O2S. The molecule has 0 saturated heterocycles. The van der Waals surface area contributed by atoms with Gasteiger partial charge in [0, 0.05) is 10.1 Å². The molecule has 5 nitrogen and oxygen atoms in total. The molecule has 0 atom stereocenters. The van der Waals surface area contributed by atoms with Gasteiger partial charge < -0.3 is 4.42 Å². The number of hydrogen-bond donors (Lipinski definition) is 1. The minimum Gasteiger partial charge on any atom is -0.407 e. The second kappa shape index (κ2) is 8.54. The van der Waals surface area contributed by atoms with E-state index in [4.69, 9.17) is 16.0 Å². The molecule has 0 aliphatic heterocycles. The SMILES string of the molecule is CC(C)Sc1ccc(Cc2nnc(NC(=O)c3c(F)cccc3Cl)o2)cc1. The molecule has 1 heterocycles. The van der Waals surface area contributed by atoms with Crippen LogP contribution in [0.15, 0.2) is 51.8 Å². The molecule has 0 aliphatic carbocycles. The van der Waals surface area contributed by atoms with Crippen molar-refractivity contribution in [3.05, 3.63) is 70.3 Å². The Morgan fingerprint density at radius 2 is 1.96 bits per heavy atom. The Kier molecular flexibility index (Phi) is 6.13. The second-order valence-corrected chi connectivity index (χ2v) is 8.10. The van der Waals surface area contributed by atoms with Gasteiger partial charge in [-0.15, -0.1) is 16.9 Å². The van der Waals surface area contributed by atoms with E-state index in [0.717, 1.165) is 11.6 Å². The number of rotatable bonds is 6. The van der Waals surface area contributed by atoms with E-state index in [9.17, 15) is 9.18 Å². The number of anilines is 1. The van der Waals surface area contributed by atoms with Crippen LogP contribution in [0.5, 0.6) is 0 Å². The van der Waals surface area contributed by atoms with Crippen molar-refractivity contribution < 1.29 is 13.6 Å². The van der Waals surface area contributed by atoms with E-state index in [1.54, 1.807) is 11.8 Å². The van der Waals surface area contributed by atoms with Gasteiger partial charge in [0.25, 0.3) is 5.91 Å². The number of carbonyl (C=O) groups excluding carboxylic acids is 1. The predicted octanol–water partition coefficient (Wildman–Crippen LogP) is 5.21. The van der Waals surface area contributed by atoms with Crippen LogP contribution in [0.4, 0.5) is 10.4 Å². The fraction of sp³-hybridized carbons (Fsp3) is 0.211. The smallest absolute Gasteiger partial charge is 0.322 e. The number of hydrogen-bond acceptors (Lipinski definition) is 5. The quantitative estimate of drug-likeness (QED) is 0.570. The van der Waals surface area contributed by atoms with E-state index in [2.05, 4.69) is 29.4 Å². The van der Waals surface area contributed by atoms with Crippen molar-refractivity contribution in [1.82, 2.24) is 10.2 Å². The molecule has 27 heavy (non-hydrogen) atoms. The zero-order valence-electron chi connectivity index (χ0n) is 14.7. The lowest BCUT2D eigenvalue weighted by Crippen LogP contribution is -2.14. The number of nitrogens with one attached hydrogen (secondary N) is 1. The summed E-state index contributed by atoms with van der Waals surface area (Å²) in [5.41, 5.74) is 0.735. The lowest BCUT2D eigenvalue weighted by Gasteiger charge is -2.05. The van der Waals surface area contributed by atoms with Gasteiger partial charge in [0.1, 0.15) is 5.82 Å². The molecule has 3 rings (SSSR count). The van der Waals surface area contributed by atoms with Gasteiger partial charge in [0.2, 0.25) is 5.89 Å². The van der Waals surface area contributed by atoms with Gasteiger partial charge in [-0.2, -0.15) is 0 Å². The molecule has 0 unspecified atom stereocenters. The largest absolute Gasteiger partial charge is 0.407 e. The summed E-state index contributed by atoms with van der Waals surface area (Å²) in [6.07, 6.45) is 0.427. The zero-order chi connectivity index (χ0) is 19.4. The molecular weight excluding hydrogens is 389 g/mol. The second-order valence-electron chi connectivity index (χ2n) is 6.04. The van der Waals surface area contributed by atoms with Crippen LogP contribution in [0.1, 0.15) is 35.7 Å². The maximum Gasteiger partial charge on any atom is 0.322 e. The fourth-order valence-electron chi connectivity index (χ4n) is 2.38. The topological polar surface area (TPSA) is 68.0 Å². The number of benzene rings is 2. The first-order valence-electron chi connectivity index (χ1n) is 8.25. The van der Waals surface area contributed by atoms with Crippen molar-refractivity contribution in [2.75, 3.05) is 5.32 Å². The number of carbonyl (C=O) groups is 1. The number of amides is 1. The molecule has 0 bridgehead atoms. The van der Waals surface area contributed by atoms with E-state index in [1.807, 2.05) is 24.3 Å². The molecule has 0 spiro atoms. The zero-order valence-corrected chi connectivity index (χ0v) is 16.3. The first-order valence-corrected chi connectivity index (χ1v) is 9.51. The van der Waals surface area contributed by atoms with Crippen LogP contribution in [0.2, 0.25) is 5.02 Å². The molecule has 0 saturated carbocycles. The number of thioether (sulfide) groups is 1. The average molecular weight is 406 g/mol. The van der Waals surface area contributed by atoms with E-state index in [0.29, 0.717) is 17.6 Å². The Hall–Kier alpha value is -2.38. The summed E-state index contributed by atoms with van der Waals surface area (Å²) in [6, 6.07) is 12.0. The summed E-state index contributed by atoms with van der Waals surface area (Å²) in [5, 5.41) is 10.6. The van der Waals surface area contributed by atoms with Crippen molar-refractivity contribution >= 4 is 35.3 Å². The average Bonchev–Trinajstić information content (AvgIpc) is 3.03. The van der Waals surface area contributed by atoms with Gasteiger partial charge in [-0.05, 0) is 29.8 Å². The highest BCUT2D eigenvalue weighted by molar-refractivity contribution is 7.99. The lowest BCUT2D eigenvalue weighted by molar-refractivity contribution is 0.102. The molecule has 1 amide bonds. The molecule has 1 aromatic heterocycles. The van der Waals surface area contributed by atoms with E-state index in [-0.39, 0.29) is 16.6 Å². The van der Waals surface area contributed by atoms with Crippen LogP contribution in [-0.2, 0) is 6.42 Å². The number of halogens is 2. The number of nitrogens with zero attached hydrogens (tertiary/aromatic N) is 2. The standard InChI is InChI=1S/C19H17ClFN3O2S/c1-11(2)27-13-8-6-12(7-9-13)10-16-23-24-19(26-16)22-18(25)17-14(20)4-3-5-15(17)21/h3-9,11H,10H2,1-2H3,(H,22,24,25). The van der Waals surface area contributed by atoms with E-state index < -0.39 is 11.7 Å². The first kappa shape index (κ1) is 19.4. The maximum absolute atomic E-state index is 13.8. The molecule has 0 fully saturated rings. The highest BCUT2D eigenvalue weighted by Gasteiger charge is 2.18. The molecule has 0 aliphatic rings. The van der Waals surface area contributed by atoms with Crippen LogP contribution in [0.25, 0.3) is 0 Å². The molecule has 3 aromatic rings. The van der Waals surface area contributed by atoms with E-state index in [1.165, 1.54) is 17.0 Å². The van der Waals surface area contributed by atoms with Crippen molar-refractivity contribution in [1.29, 1.82) is 0 Å². The van der Waals surface area contributed by atoms with Gasteiger partial charge in [0.05, 0.1) is 17.0 Å². The van der Waals surface area contributed by atoms with Crippen molar-refractivity contribution in [3.8, 4) is 0 Å². The van der Waals surface area contributed by atoms with Crippen LogP contribution < -0.4 is 5.32 Å². The van der Waals surface area contributed by atoms with Gasteiger partial charge in [-0.3, -0.25) is 10.1 Å². The highest BCUT2D eigenvalue weighted by Crippen LogP contribution is 2.24. The van der Waals surface area contributed by atoms with Gasteiger partial charge in [0.15, 0.2) is 0 Å². The van der Waals surface area contributed by atoms with Gasteiger partial charge in [-0.1, -0.05) is 48.7 Å². The van der Waals surface area contributed by atoms with E-state index >= 15 is 0 Å². The molecule has 0 radical (unpaired) electrons. The third kappa shape index (κ3) is 5.08. The summed E-state index contributed by atoms with van der Waals surface area (Å²) in [7, 11) is 0. The first-order chi connectivity index (χ1) is 12.9. The summed E-state index contributed by atoms with van der Waals surface area (Å²) < 4.78 is 19.2. The van der Waals surface area contributed by atoms with Crippen molar-refractivity contribution in [3.63, 3.8) is 0 Å². The predicted molar refractivity (Wildman–Crippen MR) is 104 cm³/mol. The van der Waals surface area contributed by atoms with Crippen LogP contribution in [-0.4, -0.2) is 21.4 Å². The maximum atomic E-state index is 13.8. The van der Waals surface area contributed by atoms with Gasteiger partial charge >= 0.3 is 6.01 Å². The van der Waals surface area contributed by atoms with Crippen LogP contribution in [0.3, 0.4) is 0 Å². The number of aromatic nitrogens is 2. The molecule has 2 aromatic carbocycles. The molecule has 8 heteroatoms. The lowest BCUT2D eigenvalue weighted by atomic mass is 10.1. The normalized spacial score (nSPS) is 11.0. The Bertz CT molecular complexity index is 924. The Labute approximate surface area is 165 Å². The van der Waals surface area contributed by atoms with Crippen LogP contribution >= 0.6 is 23.4 Å². The van der Waals surface area contributed by atoms with Crippen molar-refractivity contribution in [2.24, 2.45) is 0 Å². The Balaban J connectivity index is 1.65. The highest BCUT2D eigenvalue weighted by atomic mass is 35.5. The van der Waals surface area contributed by atoms with Gasteiger partial charge in [-0.25, -0.2) is 4.39 Å². The summed E-state index contributed by atoms with van der Waals surface area (Å²) >= 11 is 7.66. The minimum atomic E-state index is -0.747.